The van der Waals surface area contributed by atoms with Gasteiger partial charge >= 0.3 is 0 Å². The molecule has 0 unspecified atom stereocenters. The average molecular weight is 248 g/mol. The predicted octanol–water partition coefficient (Wildman–Crippen LogP) is 1.74. The second-order valence-electron chi connectivity index (χ2n) is 4.65. The minimum absolute atomic E-state index is 0.0698. The van der Waals surface area contributed by atoms with Crippen LogP contribution in [0.15, 0.2) is 30.3 Å². The maximum Gasteiger partial charge on any atom is 0.225 e. The van der Waals surface area contributed by atoms with Crippen molar-refractivity contribution in [1.29, 1.82) is 0 Å². The van der Waals surface area contributed by atoms with Crippen molar-refractivity contribution in [2.75, 3.05) is 31.6 Å². The lowest BCUT2D eigenvalue weighted by Gasteiger charge is -2.30. The Kier molecular flexibility index (Phi) is 4.73. The number of rotatable bonds is 4. The van der Waals surface area contributed by atoms with Crippen LogP contribution in [0.5, 0.6) is 0 Å². The summed E-state index contributed by atoms with van der Waals surface area (Å²) >= 11 is 0. The third-order valence-corrected chi connectivity index (χ3v) is 3.04. The topological polar surface area (TPSA) is 41.6 Å². The van der Waals surface area contributed by atoms with Gasteiger partial charge in [-0.1, -0.05) is 18.2 Å². The lowest BCUT2D eigenvalue weighted by molar-refractivity contribution is -0.117. The van der Waals surface area contributed by atoms with E-state index in [1.165, 1.54) is 0 Å². The highest BCUT2D eigenvalue weighted by Crippen LogP contribution is 2.07. The lowest BCUT2D eigenvalue weighted by atomic mass is 10.2. The number of anilines is 1. The van der Waals surface area contributed by atoms with Crippen molar-refractivity contribution >= 4 is 11.6 Å². The van der Waals surface area contributed by atoms with E-state index in [0.717, 1.165) is 31.9 Å². The Bertz CT molecular complexity index is 381. The molecule has 1 amide bonds. The summed E-state index contributed by atoms with van der Waals surface area (Å²) < 4.78 is 5.47. The molecule has 1 N–H and O–H groups in total. The molecule has 0 aliphatic carbocycles. The fourth-order valence-corrected chi connectivity index (χ4v) is 2.10. The standard InChI is InChI=1S/C14H20N2O2/c1-12-11-16(9-10-18-12)8-7-14(17)15-13-5-3-2-4-6-13/h2-6,12H,7-11H2,1H3,(H,15,17)/t12-/m1/s1. The molecule has 0 radical (unpaired) electrons. The number of ether oxygens (including phenoxy) is 1. The molecule has 0 bridgehead atoms. The number of para-hydroxylation sites is 1. The number of benzene rings is 1. The summed E-state index contributed by atoms with van der Waals surface area (Å²) in [7, 11) is 0. The number of morpholine rings is 1. The third-order valence-electron chi connectivity index (χ3n) is 3.04. The molecule has 0 spiro atoms. The van der Waals surface area contributed by atoms with Crippen molar-refractivity contribution in [2.24, 2.45) is 0 Å². The molecule has 1 aliphatic heterocycles. The maximum atomic E-state index is 11.8. The maximum absolute atomic E-state index is 11.8. The monoisotopic (exact) mass is 248 g/mol. The van der Waals surface area contributed by atoms with E-state index in [9.17, 15) is 4.79 Å². The quantitative estimate of drug-likeness (QED) is 0.882. The van der Waals surface area contributed by atoms with E-state index in [0.29, 0.717) is 6.42 Å². The smallest absolute Gasteiger partial charge is 0.225 e. The lowest BCUT2D eigenvalue weighted by Crippen LogP contribution is -2.42. The van der Waals surface area contributed by atoms with Crippen LogP contribution in [-0.4, -0.2) is 43.2 Å². The first-order valence-corrected chi connectivity index (χ1v) is 6.43. The second-order valence-corrected chi connectivity index (χ2v) is 4.65. The normalized spacial score (nSPS) is 20.6. The molecule has 0 aromatic heterocycles. The number of hydrogen-bond donors (Lipinski definition) is 1. The number of nitrogens with one attached hydrogen (secondary N) is 1. The summed E-state index contributed by atoms with van der Waals surface area (Å²) in [6.45, 7) is 5.46. The zero-order valence-corrected chi connectivity index (χ0v) is 10.8. The van der Waals surface area contributed by atoms with Crippen molar-refractivity contribution in [1.82, 2.24) is 4.90 Å². The van der Waals surface area contributed by atoms with Crippen molar-refractivity contribution in [3.8, 4) is 0 Å². The SMILES string of the molecule is C[C@@H]1CN(CCC(=O)Nc2ccccc2)CCO1. The van der Waals surface area contributed by atoms with Crippen molar-refractivity contribution in [3.05, 3.63) is 30.3 Å². The minimum Gasteiger partial charge on any atom is -0.376 e. The van der Waals surface area contributed by atoms with E-state index in [1.54, 1.807) is 0 Å². The Morgan fingerprint density at radius 1 is 1.44 bits per heavy atom. The highest BCUT2D eigenvalue weighted by Gasteiger charge is 2.16. The van der Waals surface area contributed by atoms with Gasteiger partial charge in [0.1, 0.15) is 0 Å². The van der Waals surface area contributed by atoms with Gasteiger partial charge in [-0.3, -0.25) is 9.69 Å². The molecule has 1 fully saturated rings. The largest absolute Gasteiger partial charge is 0.376 e. The average Bonchev–Trinajstić information content (AvgIpc) is 2.38. The molecule has 1 aromatic carbocycles. The van der Waals surface area contributed by atoms with Gasteiger partial charge in [0.25, 0.3) is 0 Å². The first-order valence-electron chi connectivity index (χ1n) is 6.43. The van der Waals surface area contributed by atoms with E-state index < -0.39 is 0 Å². The van der Waals surface area contributed by atoms with Gasteiger partial charge < -0.3 is 10.1 Å². The molecular weight excluding hydrogens is 228 g/mol. The van der Waals surface area contributed by atoms with Crippen LogP contribution in [0.2, 0.25) is 0 Å². The van der Waals surface area contributed by atoms with Crippen LogP contribution < -0.4 is 5.32 Å². The van der Waals surface area contributed by atoms with E-state index in [4.69, 9.17) is 4.74 Å². The molecular formula is C14H20N2O2. The van der Waals surface area contributed by atoms with Gasteiger partial charge in [0, 0.05) is 31.7 Å². The number of hydrogen-bond acceptors (Lipinski definition) is 3. The Hall–Kier alpha value is -1.39. The van der Waals surface area contributed by atoms with Gasteiger partial charge in [-0.05, 0) is 19.1 Å². The van der Waals surface area contributed by atoms with Gasteiger partial charge in [-0.25, -0.2) is 0 Å². The first-order chi connectivity index (χ1) is 8.74. The fraction of sp³-hybridized carbons (Fsp3) is 0.500. The van der Waals surface area contributed by atoms with Gasteiger partial charge in [-0.15, -0.1) is 0 Å². The van der Waals surface area contributed by atoms with Gasteiger partial charge in [0.2, 0.25) is 5.91 Å². The van der Waals surface area contributed by atoms with E-state index >= 15 is 0 Å². The summed E-state index contributed by atoms with van der Waals surface area (Å²) in [6.07, 6.45) is 0.803. The Balaban J connectivity index is 1.71. The highest BCUT2D eigenvalue weighted by atomic mass is 16.5. The summed E-state index contributed by atoms with van der Waals surface area (Å²) in [5.41, 5.74) is 0.859. The molecule has 1 saturated heterocycles. The summed E-state index contributed by atoms with van der Waals surface area (Å²) in [5, 5.41) is 2.90. The van der Waals surface area contributed by atoms with E-state index in [2.05, 4.69) is 17.1 Å². The van der Waals surface area contributed by atoms with Crippen LogP contribution in [0.3, 0.4) is 0 Å². The van der Waals surface area contributed by atoms with Crippen LogP contribution in [-0.2, 0) is 9.53 Å². The van der Waals surface area contributed by atoms with Crippen molar-refractivity contribution in [3.63, 3.8) is 0 Å². The van der Waals surface area contributed by atoms with Crippen molar-refractivity contribution in [2.45, 2.75) is 19.4 Å². The zero-order valence-electron chi connectivity index (χ0n) is 10.8. The molecule has 4 nitrogen and oxygen atoms in total. The third kappa shape index (κ3) is 4.13. The molecule has 1 atom stereocenters. The molecule has 4 heteroatoms. The first kappa shape index (κ1) is 13.1. The second kappa shape index (κ2) is 6.52. The summed E-state index contributed by atoms with van der Waals surface area (Å²) in [5.74, 6) is 0.0698. The van der Waals surface area contributed by atoms with Gasteiger partial charge in [-0.2, -0.15) is 0 Å². The zero-order chi connectivity index (χ0) is 12.8. The molecule has 1 heterocycles. The molecule has 0 saturated carbocycles. The Labute approximate surface area is 108 Å². The van der Waals surface area contributed by atoms with Crippen LogP contribution >= 0.6 is 0 Å². The summed E-state index contributed by atoms with van der Waals surface area (Å²) in [4.78, 5) is 14.0. The van der Waals surface area contributed by atoms with E-state index in [-0.39, 0.29) is 12.0 Å². The molecule has 18 heavy (non-hydrogen) atoms. The van der Waals surface area contributed by atoms with Gasteiger partial charge in [0.05, 0.1) is 12.7 Å². The van der Waals surface area contributed by atoms with Crippen LogP contribution in [0.1, 0.15) is 13.3 Å². The number of carbonyl (C=O) groups excluding carboxylic acids is 1. The Morgan fingerprint density at radius 3 is 2.94 bits per heavy atom. The van der Waals surface area contributed by atoms with E-state index in [1.807, 2.05) is 30.3 Å². The predicted molar refractivity (Wildman–Crippen MR) is 71.5 cm³/mol. The summed E-state index contributed by atoms with van der Waals surface area (Å²) in [6, 6.07) is 9.56. The number of amides is 1. The minimum atomic E-state index is 0.0698. The van der Waals surface area contributed by atoms with Crippen molar-refractivity contribution < 1.29 is 9.53 Å². The molecule has 98 valence electrons. The molecule has 1 aromatic rings. The number of carbonyl (C=O) groups is 1. The van der Waals surface area contributed by atoms with Crippen LogP contribution in [0, 0.1) is 0 Å². The fourth-order valence-electron chi connectivity index (χ4n) is 2.10. The number of nitrogens with zero attached hydrogens (tertiary/aromatic N) is 1. The van der Waals surface area contributed by atoms with Crippen LogP contribution in [0.25, 0.3) is 0 Å². The van der Waals surface area contributed by atoms with Gasteiger partial charge in [0.15, 0.2) is 0 Å². The molecule has 2 rings (SSSR count). The van der Waals surface area contributed by atoms with Crippen LogP contribution in [0.4, 0.5) is 5.69 Å². The highest BCUT2D eigenvalue weighted by molar-refractivity contribution is 5.90. The Morgan fingerprint density at radius 2 is 2.22 bits per heavy atom. The molecule has 1 aliphatic rings.